The normalized spacial score (nSPS) is 12.9. The molecule has 1 aromatic heterocycles. The van der Waals surface area contributed by atoms with Gasteiger partial charge in [0.2, 0.25) is 0 Å². The van der Waals surface area contributed by atoms with Gasteiger partial charge in [0.25, 0.3) is 0 Å². The van der Waals surface area contributed by atoms with E-state index in [1.807, 2.05) is 6.07 Å². The number of ether oxygens (including phenoxy) is 1. The van der Waals surface area contributed by atoms with Crippen LogP contribution >= 0.6 is 34.5 Å². The van der Waals surface area contributed by atoms with Gasteiger partial charge in [0, 0.05) is 12.3 Å². The van der Waals surface area contributed by atoms with Crippen LogP contribution < -0.4 is 0 Å². The Morgan fingerprint density at radius 1 is 1.29 bits per heavy atom. The van der Waals surface area contributed by atoms with Gasteiger partial charge in [-0.25, -0.2) is 0 Å². The number of carbonyl (C=O) groups is 2. The molecule has 0 N–H and O–H groups in total. The van der Waals surface area contributed by atoms with E-state index in [0.29, 0.717) is 15.5 Å². The van der Waals surface area contributed by atoms with E-state index >= 15 is 0 Å². The number of hydrogen-bond donors (Lipinski definition) is 0. The predicted molar refractivity (Wildman–Crippen MR) is 93.6 cm³/mol. The molecule has 24 heavy (non-hydrogen) atoms. The Kier molecular flexibility index (Phi) is 6.38. The highest BCUT2D eigenvalue weighted by molar-refractivity contribution is 7.12. The topological polar surface area (TPSA) is 67.2 Å². The number of ketones is 1. The molecule has 2 aromatic rings. The Labute approximate surface area is 153 Å². The van der Waals surface area contributed by atoms with E-state index in [1.165, 1.54) is 18.4 Å². The molecule has 0 fully saturated rings. The van der Waals surface area contributed by atoms with Gasteiger partial charge < -0.3 is 4.74 Å². The predicted octanol–water partition coefficient (Wildman–Crippen LogP) is 4.72. The maximum Gasteiger partial charge on any atom is 0.323 e. The van der Waals surface area contributed by atoms with Crippen molar-refractivity contribution in [1.29, 1.82) is 5.26 Å². The van der Waals surface area contributed by atoms with Gasteiger partial charge in [-0.15, -0.1) is 11.3 Å². The van der Waals surface area contributed by atoms with Crippen molar-refractivity contribution in [2.45, 2.75) is 12.3 Å². The second kappa shape index (κ2) is 8.29. The number of Topliss-reactive ketones (excluding diaryl/α,β-unsaturated/α-hetero) is 1. The molecule has 2 unspecified atom stereocenters. The standard InChI is InChI=1S/C17H13Cl2NO3S/c1-23-17(22)12(9-20)11(8-14(21)15-6-3-7-24-15)10-4-2-5-13(18)16(10)19/h2-7,11-12H,8H2,1H3. The lowest BCUT2D eigenvalue weighted by atomic mass is 9.82. The maximum absolute atomic E-state index is 12.5. The second-order valence-corrected chi connectivity index (χ2v) is 6.72. The van der Waals surface area contributed by atoms with Crippen LogP contribution in [0.25, 0.3) is 0 Å². The summed E-state index contributed by atoms with van der Waals surface area (Å²) in [5, 5.41) is 11.7. The van der Waals surface area contributed by atoms with Crippen LogP contribution in [0.2, 0.25) is 10.0 Å². The highest BCUT2D eigenvalue weighted by atomic mass is 35.5. The highest BCUT2D eigenvalue weighted by Gasteiger charge is 2.34. The molecule has 0 bridgehead atoms. The summed E-state index contributed by atoms with van der Waals surface area (Å²) < 4.78 is 4.70. The van der Waals surface area contributed by atoms with Crippen molar-refractivity contribution >= 4 is 46.3 Å². The van der Waals surface area contributed by atoms with Gasteiger partial charge in [0.15, 0.2) is 11.7 Å². The molecule has 0 saturated heterocycles. The average molecular weight is 382 g/mol. The Morgan fingerprint density at radius 2 is 2.04 bits per heavy atom. The SMILES string of the molecule is COC(=O)C(C#N)C(CC(=O)c1cccs1)c1cccc(Cl)c1Cl. The van der Waals surface area contributed by atoms with E-state index in [0.717, 1.165) is 0 Å². The average Bonchev–Trinajstić information content (AvgIpc) is 3.11. The molecule has 0 amide bonds. The third-order valence-corrected chi connectivity index (χ3v) is 5.32. The summed E-state index contributed by atoms with van der Waals surface area (Å²) in [6, 6.07) is 10.3. The number of hydrogen-bond acceptors (Lipinski definition) is 5. The number of rotatable bonds is 6. The largest absolute Gasteiger partial charge is 0.468 e. The van der Waals surface area contributed by atoms with Crippen molar-refractivity contribution in [2.75, 3.05) is 7.11 Å². The number of thiophene rings is 1. The van der Waals surface area contributed by atoms with Crippen LogP contribution in [0.3, 0.4) is 0 Å². The van der Waals surface area contributed by atoms with Crippen LogP contribution in [0, 0.1) is 17.2 Å². The summed E-state index contributed by atoms with van der Waals surface area (Å²) in [4.78, 5) is 25.0. The molecule has 1 aromatic carbocycles. The molecular weight excluding hydrogens is 369 g/mol. The number of nitriles is 1. The van der Waals surface area contributed by atoms with Gasteiger partial charge in [0.1, 0.15) is 0 Å². The fourth-order valence-corrected chi connectivity index (χ4v) is 3.51. The fraction of sp³-hybridized carbons (Fsp3) is 0.235. The zero-order valence-electron chi connectivity index (χ0n) is 12.7. The van der Waals surface area contributed by atoms with Gasteiger partial charge in [-0.2, -0.15) is 5.26 Å². The number of esters is 1. The highest BCUT2D eigenvalue weighted by Crippen LogP contribution is 2.38. The lowest BCUT2D eigenvalue weighted by Gasteiger charge is -2.21. The first-order valence-electron chi connectivity index (χ1n) is 6.97. The summed E-state index contributed by atoms with van der Waals surface area (Å²) in [5.74, 6) is -2.79. The first kappa shape index (κ1) is 18.5. The lowest BCUT2D eigenvalue weighted by Crippen LogP contribution is -2.24. The molecule has 2 rings (SSSR count). The molecule has 7 heteroatoms. The monoisotopic (exact) mass is 381 g/mol. The first-order chi connectivity index (χ1) is 11.5. The summed E-state index contributed by atoms with van der Waals surface area (Å²) in [5.41, 5.74) is 0.478. The van der Waals surface area contributed by atoms with Gasteiger partial charge >= 0.3 is 5.97 Å². The summed E-state index contributed by atoms with van der Waals surface area (Å²) in [6.07, 6.45) is -0.0477. The quantitative estimate of drug-likeness (QED) is 0.535. The number of halogens is 2. The Hall–Kier alpha value is -1.87. The Balaban J connectivity index is 2.45. The van der Waals surface area contributed by atoms with Crippen LogP contribution in [0.15, 0.2) is 35.7 Å². The molecular formula is C17H13Cl2NO3S. The van der Waals surface area contributed by atoms with Crippen molar-refractivity contribution in [2.24, 2.45) is 5.92 Å². The number of benzene rings is 1. The van der Waals surface area contributed by atoms with E-state index < -0.39 is 17.8 Å². The molecule has 4 nitrogen and oxygen atoms in total. The zero-order valence-corrected chi connectivity index (χ0v) is 15.0. The molecule has 0 radical (unpaired) electrons. The molecule has 0 aliphatic rings. The lowest BCUT2D eigenvalue weighted by molar-refractivity contribution is -0.144. The third-order valence-electron chi connectivity index (χ3n) is 3.58. The number of carbonyl (C=O) groups excluding carboxylic acids is 2. The van der Waals surface area contributed by atoms with E-state index in [1.54, 1.807) is 35.7 Å². The molecule has 0 aliphatic heterocycles. The van der Waals surface area contributed by atoms with Crippen LogP contribution in [-0.4, -0.2) is 18.9 Å². The summed E-state index contributed by atoms with van der Waals surface area (Å²) in [7, 11) is 1.20. The van der Waals surface area contributed by atoms with Gasteiger partial charge in [0.05, 0.1) is 28.1 Å². The van der Waals surface area contributed by atoms with E-state index in [2.05, 4.69) is 0 Å². The van der Waals surface area contributed by atoms with Crippen molar-refractivity contribution in [1.82, 2.24) is 0 Å². The van der Waals surface area contributed by atoms with Gasteiger partial charge in [-0.1, -0.05) is 41.4 Å². The smallest absolute Gasteiger partial charge is 0.323 e. The molecule has 0 spiro atoms. The third kappa shape index (κ3) is 3.96. The summed E-state index contributed by atoms with van der Waals surface area (Å²) >= 11 is 13.6. The van der Waals surface area contributed by atoms with Gasteiger partial charge in [-0.3, -0.25) is 9.59 Å². The van der Waals surface area contributed by atoms with Crippen LogP contribution in [0.4, 0.5) is 0 Å². The van der Waals surface area contributed by atoms with E-state index in [-0.39, 0.29) is 17.2 Å². The minimum absolute atomic E-state index is 0.0477. The molecule has 0 saturated carbocycles. The second-order valence-electron chi connectivity index (χ2n) is 4.98. The van der Waals surface area contributed by atoms with E-state index in [4.69, 9.17) is 27.9 Å². The molecule has 2 atom stereocenters. The first-order valence-corrected chi connectivity index (χ1v) is 8.61. The molecule has 0 aliphatic carbocycles. The van der Waals surface area contributed by atoms with Crippen molar-refractivity contribution in [3.05, 3.63) is 56.2 Å². The van der Waals surface area contributed by atoms with Crippen LogP contribution in [-0.2, 0) is 9.53 Å². The van der Waals surface area contributed by atoms with Crippen molar-refractivity contribution < 1.29 is 14.3 Å². The number of nitrogens with zero attached hydrogens (tertiary/aromatic N) is 1. The van der Waals surface area contributed by atoms with Crippen LogP contribution in [0.1, 0.15) is 27.6 Å². The van der Waals surface area contributed by atoms with Crippen molar-refractivity contribution in [3.8, 4) is 6.07 Å². The minimum Gasteiger partial charge on any atom is -0.468 e. The number of methoxy groups -OCH3 is 1. The summed E-state index contributed by atoms with van der Waals surface area (Å²) in [6.45, 7) is 0. The minimum atomic E-state index is -1.16. The Morgan fingerprint density at radius 3 is 2.62 bits per heavy atom. The zero-order chi connectivity index (χ0) is 17.7. The van der Waals surface area contributed by atoms with Crippen molar-refractivity contribution in [3.63, 3.8) is 0 Å². The van der Waals surface area contributed by atoms with Gasteiger partial charge in [-0.05, 0) is 23.1 Å². The molecule has 1 heterocycles. The molecule has 124 valence electrons. The maximum atomic E-state index is 12.5. The fourth-order valence-electron chi connectivity index (χ4n) is 2.39. The van der Waals surface area contributed by atoms with E-state index in [9.17, 15) is 14.9 Å². The van der Waals surface area contributed by atoms with Crippen LogP contribution in [0.5, 0.6) is 0 Å². The Bertz CT molecular complexity index is 784.